The van der Waals surface area contributed by atoms with Crippen molar-refractivity contribution in [1.82, 2.24) is 5.32 Å². The predicted molar refractivity (Wildman–Crippen MR) is 85.5 cm³/mol. The largest absolute Gasteiger partial charge is 0.349 e. The summed E-state index contributed by atoms with van der Waals surface area (Å²) in [6, 6.07) is 4.71. The maximum absolute atomic E-state index is 12.5. The zero-order valence-corrected chi connectivity index (χ0v) is 14.2. The number of hydrogen-bond acceptors (Lipinski definition) is 3. The van der Waals surface area contributed by atoms with E-state index in [1.54, 1.807) is 0 Å². The van der Waals surface area contributed by atoms with Crippen molar-refractivity contribution in [3.8, 4) is 0 Å². The van der Waals surface area contributed by atoms with Crippen LogP contribution in [-0.4, -0.2) is 26.1 Å². The molecule has 0 saturated heterocycles. The lowest BCUT2D eigenvalue weighted by atomic mass is 9.84. The Morgan fingerprint density at radius 3 is 2.33 bits per heavy atom. The molecule has 1 aromatic carbocycles. The van der Waals surface area contributed by atoms with Gasteiger partial charge in [0.15, 0.2) is 0 Å². The molecule has 0 aliphatic heterocycles. The minimum Gasteiger partial charge on any atom is -0.349 e. The van der Waals surface area contributed by atoms with Gasteiger partial charge in [-0.2, -0.15) is 8.78 Å². The number of alkyl halides is 2. The van der Waals surface area contributed by atoms with Crippen LogP contribution in [0.25, 0.3) is 0 Å². The topological polar surface area (TPSA) is 63.2 Å². The molecule has 1 amide bonds. The van der Waals surface area contributed by atoms with Gasteiger partial charge in [0.25, 0.3) is 5.91 Å². The average molecular weight is 357 g/mol. The fourth-order valence-electron chi connectivity index (χ4n) is 4.20. The second kappa shape index (κ2) is 6.43. The van der Waals surface area contributed by atoms with Crippen LogP contribution in [0.15, 0.2) is 29.2 Å². The van der Waals surface area contributed by atoms with Gasteiger partial charge >= 0.3 is 5.76 Å². The molecule has 1 aromatic rings. The normalized spacial score (nSPS) is 27.4. The Kier molecular flexibility index (Phi) is 4.64. The van der Waals surface area contributed by atoms with Gasteiger partial charge in [-0.3, -0.25) is 4.79 Å². The molecule has 132 valence electrons. The third-order valence-corrected chi connectivity index (χ3v) is 6.87. The lowest BCUT2D eigenvalue weighted by molar-refractivity contribution is 0.0915. The van der Waals surface area contributed by atoms with E-state index < -0.39 is 20.5 Å². The van der Waals surface area contributed by atoms with Crippen LogP contribution in [0.3, 0.4) is 0 Å². The molecule has 24 heavy (non-hydrogen) atoms. The molecule has 0 radical (unpaired) electrons. The number of sulfone groups is 1. The second-order valence-corrected chi connectivity index (χ2v) is 8.85. The lowest BCUT2D eigenvalue weighted by Crippen LogP contribution is -2.40. The monoisotopic (exact) mass is 357 g/mol. The number of rotatable bonds is 5. The Morgan fingerprint density at radius 1 is 1.17 bits per heavy atom. The predicted octanol–water partition coefficient (Wildman–Crippen LogP) is 3.24. The number of fused-ring (bicyclic) bond motifs is 2. The highest BCUT2D eigenvalue weighted by Gasteiger charge is 2.42. The van der Waals surface area contributed by atoms with Crippen molar-refractivity contribution in [2.75, 3.05) is 0 Å². The number of halogens is 2. The molecule has 1 N–H and O–H groups in total. The molecule has 2 bridgehead atoms. The molecule has 7 heteroatoms. The average Bonchev–Trinajstić information content (AvgIpc) is 3.17. The molecule has 4 nitrogen and oxygen atoms in total. The van der Waals surface area contributed by atoms with Crippen LogP contribution in [0.4, 0.5) is 8.78 Å². The van der Waals surface area contributed by atoms with Crippen LogP contribution >= 0.6 is 0 Å². The van der Waals surface area contributed by atoms with Crippen molar-refractivity contribution in [1.29, 1.82) is 0 Å². The Morgan fingerprint density at radius 2 is 1.83 bits per heavy atom. The maximum atomic E-state index is 12.5. The molecule has 0 aromatic heterocycles. The maximum Gasteiger partial charge on any atom is 0.341 e. The van der Waals surface area contributed by atoms with Crippen molar-refractivity contribution < 1.29 is 22.0 Å². The number of hydrogen-bond donors (Lipinski definition) is 1. The van der Waals surface area contributed by atoms with Crippen LogP contribution in [0.1, 0.15) is 43.0 Å². The molecular weight excluding hydrogens is 336 g/mol. The van der Waals surface area contributed by atoms with Crippen LogP contribution in [0.5, 0.6) is 0 Å². The molecule has 0 heterocycles. The van der Waals surface area contributed by atoms with E-state index in [1.165, 1.54) is 31.4 Å². The van der Waals surface area contributed by atoms with E-state index in [0.29, 0.717) is 11.8 Å². The number of carbonyl (C=O) groups excluding carboxylic acids is 1. The number of carbonyl (C=O) groups is 1. The van der Waals surface area contributed by atoms with Crippen LogP contribution < -0.4 is 5.32 Å². The van der Waals surface area contributed by atoms with E-state index >= 15 is 0 Å². The molecule has 2 fully saturated rings. The van der Waals surface area contributed by atoms with Crippen molar-refractivity contribution in [3.05, 3.63) is 29.8 Å². The van der Waals surface area contributed by atoms with Crippen molar-refractivity contribution in [2.45, 2.75) is 49.3 Å². The van der Waals surface area contributed by atoms with Crippen LogP contribution in [0, 0.1) is 17.8 Å². The number of benzene rings is 1. The first-order valence-corrected chi connectivity index (χ1v) is 9.76. The summed E-state index contributed by atoms with van der Waals surface area (Å²) in [6.07, 6.45) is 4.93. The number of nitrogens with one attached hydrogen (secondary N) is 1. The highest BCUT2D eigenvalue weighted by atomic mass is 32.2. The van der Waals surface area contributed by atoms with Crippen molar-refractivity contribution >= 4 is 15.7 Å². The minimum absolute atomic E-state index is 0.0530. The minimum atomic E-state index is -4.63. The zero-order valence-electron chi connectivity index (χ0n) is 13.4. The summed E-state index contributed by atoms with van der Waals surface area (Å²) in [5, 5.41) is 2.97. The first-order chi connectivity index (χ1) is 11.3. The van der Waals surface area contributed by atoms with Gasteiger partial charge in [-0.25, -0.2) is 8.42 Å². The highest BCUT2D eigenvalue weighted by Crippen LogP contribution is 2.49. The summed E-state index contributed by atoms with van der Waals surface area (Å²) in [7, 11) is -4.63. The van der Waals surface area contributed by atoms with Crippen molar-refractivity contribution in [3.63, 3.8) is 0 Å². The van der Waals surface area contributed by atoms with Gasteiger partial charge in [-0.05, 0) is 68.2 Å². The third-order valence-electron chi connectivity index (χ3n) is 5.47. The van der Waals surface area contributed by atoms with E-state index in [2.05, 4.69) is 5.32 Å². The summed E-state index contributed by atoms with van der Waals surface area (Å²) in [5.74, 6) is -1.80. The standard InChI is InChI=1S/C17H21F2NO3S/c1-10(15-9-11-2-3-13(15)8-11)20-16(21)12-4-6-14(7-5-12)24(22,23)17(18)19/h4-7,10-11,13,15,17H,2-3,8-9H2,1H3,(H,20,21). The molecule has 2 aliphatic carbocycles. The van der Waals surface area contributed by atoms with E-state index in [0.717, 1.165) is 24.5 Å². The van der Waals surface area contributed by atoms with Gasteiger partial charge in [-0.1, -0.05) is 6.42 Å². The fraction of sp³-hybridized carbons (Fsp3) is 0.588. The molecular formula is C17H21F2NO3S. The molecule has 0 spiro atoms. The SMILES string of the molecule is CC(NC(=O)c1ccc(S(=O)(=O)C(F)F)cc1)C1CC2CCC1C2. The van der Waals surface area contributed by atoms with Gasteiger partial charge in [0, 0.05) is 11.6 Å². The smallest absolute Gasteiger partial charge is 0.341 e. The molecule has 4 unspecified atom stereocenters. The lowest BCUT2D eigenvalue weighted by Gasteiger charge is -2.28. The van der Waals surface area contributed by atoms with E-state index in [1.807, 2.05) is 6.92 Å². The molecule has 3 rings (SSSR count). The summed E-state index contributed by atoms with van der Waals surface area (Å²) < 4.78 is 47.8. The summed E-state index contributed by atoms with van der Waals surface area (Å²) in [5.41, 5.74) is 0.276. The van der Waals surface area contributed by atoms with Crippen LogP contribution in [0.2, 0.25) is 0 Å². The summed E-state index contributed by atoms with van der Waals surface area (Å²) in [6.45, 7) is 2.00. The molecule has 2 aliphatic rings. The quantitative estimate of drug-likeness (QED) is 0.880. The third kappa shape index (κ3) is 3.18. The summed E-state index contributed by atoms with van der Waals surface area (Å²) in [4.78, 5) is 11.8. The van der Waals surface area contributed by atoms with E-state index in [-0.39, 0.29) is 17.5 Å². The molecule has 4 atom stereocenters. The van der Waals surface area contributed by atoms with Gasteiger partial charge < -0.3 is 5.32 Å². The zero-order chi connectivity index (χ0) is 17.5. The summed E-state index contributed by atoms with van der Waals surface area (Å²) >= 11 is 0. The highest BCUT2D eigenvalue weighted by molar-refractivity contribution is 7.91. The van der Waals surface area contributed by atoms with Gasteiger partial charge in [0.05, 0.1) is 4.90 Å². The Labute approximate surface area is 140 Å². The number of amides is 1. The van der Waals surface area contributed by atoms with Crippen molar-refractivity contribution in [2.24, 2.45) is 17.8 Å². The van der Waals surface area contributed by atoms with Gasteiger partial charge in [0.2, 0.25) is 9.84 Å². The Bertz CT molecular complexity index is 718. The first-order valence-electron chi connectivity index (χ1n) is 8.22. The van der Waals surface area contributed by atoms with Gasteiger partial charge in [0.1, 0.15) is 0 Å². The molecule has 2 saturated carbocycles. The van der Waals surface area contributed by atoms with E-state index in [4.69, 9.17) is 0 Å². The fourth-order valence-corrected chi connectivity index (χ4v) is 4.92. The van der Waals surface area contributed by atoms with Gasteiger partial charge in [-0.15, -0.1) is 0 Å². The Hall–Kier alpha value is -1.50. The van der Waals surface area contributed by atoms with E-state index in [9.17, 15) is 22.0 Å². The Balaban J connectivity index is 1.65. The second-order valence-electron chi connectivity index (χ2n) is 6.93. The first kappa shape index (κ1) is 17.3. The van der Waals surface area contributed by atoms with Crippen LogP contribution in [-0.2, 0) is 9.84 Å².